The number of ether oxygens (including phenoxy) is 1. The van der Waals surface area contributed by atoms with Crippen LogP contribution in [-0.2, 0) is 17.6 Å². The first kappa shape index (κ1) is 25.3. The number of hydrogen-bond donors (Lipinski definition) is 4. The number of thiol groups is 1. The molecule has 2 amide bonds. The summed E-state index contributed by atoms with van der Waals surface area (Å²) in [5.74, 6) is 1.16. The molecule has 1 saturated heterocycles. The molecule has 0 aliphatic carbocycles. The number of phenolic OH excluding ortho intramolecular Hbond substituents is 1. The largest absolute Gasteiger partial charge is 0.507 e. The van der Waals surface area contributed by atoms with Gasteiger partial charge in [0.2, 0.25) is 5.91 Å². The number of amides is 2. The van der Waals surface area contributed by atoms with Gasteiger partial charge >= 0.3 is 0 Å². The molecule has 2 aromatic rings. The smallest absolute Gasteiger partial charge is 0.286 e. The number of aliphatic hydroxyl groups is 1. The zero-order valence-electron chi connectivity index (χ0n) is 19.1. The lowest BCUT2D eigenvalue weighted by Crippen LogP contribution is -2.33. The molecule has 9 heteroatoms. The number of nitrogens with one attached hydrogen (secondary N) is 1. The van der Waals surface area contributed by atoms with E-state index in [0.29, 0.717) is 36.3 Å². The van der Waals surface area contributed by atoms with Gasteiger partial charge in [-0.2, -0.15) is 0 Å². The van der Waals surface area contributed by atoms with Crippen LogP contribution in [0.2, 0.25) is 0 Å². The van der Waals surface area contributed by atoms with Crippen LogP contribution >= 0.6 is 24.7 Å². The number of phenols is 1. The van der Waals surface area contributed by atoms with Crippen molar-refractivity contribution in [2.45, 2.75) is 57.8 Å². The minimum atomic E-state index is -1.12. The molecule has 0 spiro atoms. The van der Waals surface area contributed by atoms with Crippen molar-refractivity contribution in [1.82, 2.24) is 5.32 Å². The number of thioether (sulfide) groups is 1. The number of imide groups is 1. The van der Waals surface area contributed by atoms with Gasteiger partial charge in [-0.3, -0.25) is 14.9 Å². The Hall–Kier alpha value is -2.36. The Morgan fingerprint density at radius 2 is 1.79 bits per heavy atom. The number of carbonyl (C=O) groups excluding carboxylic acids is 2. The van der Waals surface area contributed by atoms with Gasteiger partial charge in [-0.25, -0.2) is 0 Å². The molecule has 1 aliphatic heterocycles. The SMILES string of the molecule is Cc1c(C)c(OS)c(CCC(C)(O)COc2ccc(CC3SC(=O)NC3=O)cc2)c(C)c1O. The molecular weight excluding hydrogens is 462 g/mol. The van der Waals surface area contributed by atoms with Gasteiger partial charge in [0.05, 0.1) is 10.9 Å². The number of benzene rings is 2. The summed E-state index contributed by atoms with van der Waals surface area (Å²) in [6.45, 7) is 7.29. The van der Waals surface area contributed by atoms with Crippen LogP contribution in [0.15, 0.2) is 24.3 Å². The highest BCUT2D eigenvalue weighted by molar-refractivity contribution is 8.15. The summed E-state index contributed by atoms with van der Waals surface area (Å²) < 4.78 is 11.1. The maximum Gasteiger partial charge on any atom is 0.286 e. The molecule has 2 atom stereocenters. The average molecular weight is 492 g/mol. The van der Waals surface area contributed by atoms with Crippen LogP contribution in [0.25, 0.3) is 0 Å². The molecule has 1 fully saturated rings. The molecular formula is C24H29NO6S2. The number of carbonyl (C=O) groups is 2. The Kier molecular flexibility index (Phi) is 7.87. The fraction of sp³-hybridized carbons (Fsp3) is 0.417. The van der Waals surface area contributed by atoms with Crippen LogP contribution in [0.3, 0.4) is 0 Å². The van der Waals surface area contributed by atoms with E-state index in [9.17, 15) is 19.8 Å². The fourth-order valence-corrected chi connectivity index (χ4v) is 4.87. The van der Waals surface area contributed by atoms with Crippen LogP contribution in [-0.4, -0.2) is 38.8 Å². The van der Waals surface area contributed by atoms with Crippen molar-refractivity contribution in [2.24, 2.45) is 0 Å². The summed E-state index contributed by atoms with van der Waals surface area (Å²) in [4.78, 5) is 23.0. The van der Waals surface area contributed by atoms with Crippen LogP contribution < -0.4 is 14.2 Å². The molecule has 33 heavy (non-hydrogen) atoms. The van der Waals surface area contributed by atoms with Gasteiger partial charge in [-0.1, -0.05) is 23.9 Å². The van der Waals surface area contributed by atoms with E-state index in [-0.39, 0.29) is 23.5 Å². The Balaban J connectivity index is 1.58. The molecule has 1 aliphatic rings. The zero-order valence-corrected chi connectivity index (χ0v) is 20.8. The predicted octanol–water partition coefficient (Wildman–Crippen LogP) is 4.20. The second-order valence-corrected chi connectivity index (χ2v) is 10.00. The second kappa shape index (κ2) is 10.3. The molecule has 3 rings (SSSR count). The Morgan fingerprint density at radius 1 is 1.12 bits per heavy atom. The number of hydrogen-bond acceptors (Lipinski definition) is 8. The Morgan fingerprint density at radius 3 is 2.36 bits per heavy atom. The van der Waals surface area contributed by atoms with E-state index in [1.165, 1.54) is 0 Å². The molecule has 2 aromatic carbocycles. The minimum Gasteiger partial charge on any atom is -0.507 e. The summed E-state index contributed by atoms with van der Waals surface area (Å²) in [7, 11) is 0. The monoisotopic (exact) mass is 491 g/mol. The normalized spacial score (nSPS) is 17.6. The topological polar surface area (TPSA) is 105 Å². The van der Waals surface area contributed by atoms with E-state index in [1.54, 1.807) is 19.1 Å². The molecule has 178 valence electrons. The maximum absolute atomic E-state index is 11.7. The molecule has 2 unspecified atom stereocenters. The van der Waals surface area contributed by atoms with E-state index in [2.05, 4.69) is 18.2 Å². The number of aromatic hydroxyl groups is 1. The molecule has 0 saturated carbocycles. The highest BCUT2D eigenvalue weighted by atomic mass is 32.2. The van der Waals surface area contributed by atoms with Gasteiger partial charge in [0.15, 0.2) is 0 Å². The third-order valence-electron chi connectivity index (χ3n) is 6.01. The number of rotatable bonds is 9. The molecule has 0 radical (unpaired) electrons. The third kappa shape index (κ3) is 5.96. The van der Waals surface area contributed by atoms with Gasteiger partial charge in [-0.15, -0.1) is 0 Å². The minimum absolute atomic E-state index is 0.0780. The molecule has 1 heterocycles. The summed E-state index contributed by atoms with van der Waals surface area (Å²) in [5.41, 5.74) is 2.88. The first-order chi connectivity index (χ1) is 15.5. The van der Waals surface area contributed by atoms with E-state index in [1.807, 2.05) is 32.9 Å². The third-order valence-corrected chi connectivity index (χ3v) is 7.17. The van der Waals surface area contributed by atoms with Crippen LogP contribution in [0.5, 0.6) is 17.2 Å². The van der Waals surface area contributed by atoms with Gasteiger partial charge in [0.25, 0.3) is 5.24 Å². The van der Waals surface area contributed by atoms with Crippen molar-refractivity contribution in [3.63, 3.8) is 0 Å². The standard InChI is InChI=1S/C24H29NO6S2/c1-13-14(2)21(31-32)18(15(3)20(13)26)9-10-24(4,29)12-30-17-7-5-16(6-8-17)11-19-22(27)25-23(28)33-19/h5-8,19,26,29,32H,9-12H2,1-4H3,(H,25,27,28). The van der Waals surface area contributed by atoms with Gasteiger partial charge in [0.1, 0.15) is 23.9 Å². The van der Waals surface area contributed by atoms with Crippen molar-refractivity contribution in [2.75, 3.05) is 6.61 Å². The molecule has 0 aromatic heterocycles. The van der Waals surface area contributed by atoms with Crippen molar-refractivity contribution in [1.29, 1.82) is 0 Å². The summed E-state index contributed by atoms with van der Waals surface area (Å²) in [6.07, 6.45) is 1.32. The molecule has 0 bridgehead atoms. The van der Waals surface area contributed by atoms with E-state index in [4.69, 9.17) is 8.92 Å². The first-order valence-corrected chi connectivity index (χ1v) is 11.9. The van der Waals surface area contributed by atoms with Crippen molar-refractivity contribution in [3.8, 4) is 17.2 Å². The van der Waals surface area contributed by atoms with E-state index in [0.717, 1.165) is 34.0 Å². The van der Waals surface area contributed by atoms with Crippen LogP contribution in [0.1, 0.15) is 41.2 Å². The van der Waals surface area contributed by atoms with Gasteiger partial charge in [0, 0.05) is 18.5 Å². The van der Waals surface area contributed by atoms with E-state index < -0.39 is 10.9 Å². The highest BCUT2D eigenvalue weighted by Crippen LogP contribution is 2.38. The first-order valence-electron chi connectivity index (χ1n) is 10.6. The molecule has 7 nitrogen and oxygen atoms in total. The summed E-state index contributed by atoms with van der Waals surface area (Å²) in [5, 5.41) is 22.8. The van der Waals surface area contributed by atoms with Crippen LogP contribution in [0.4, 0.5) is 4.79 Å². The lowest BCUT2D eigenvalue weighted by atomic mass is 9.91. The van der Waals surface area contributed by atoms with Crippen molar-refractivity contribution in [3.05, 3.63) is 52.1 Å². The van der Waals surface area contributed by atoms with Crippen LogP contribution in [0, 0.1) is 20.8 Å². The molecule has 3 N–H and O–H groups in total. The lowest BCUT2D eigenvalue weighted by molar-refractivity contribution is -0.118. The van der Waals surface area contributed by atoms with Gasteiger partial charge in [-0.05, 0) is 81.3 Å². The zero-order chi connectivity index (χ0) is 24.3. The van der Waals surface area contributed by atoms with Crippen molar-refractivity contribution < 1.29 is 28.7 Å². The fourth-order valence-electron chi connectivity index (χ4n) is 3.76. The second-order valence-electron chi connectivity index (χ2n) is 8.64. The Labute approximate surface area is 203 Å². The summed E-state index contributed by atoms with van der Waals surface area (Å²) >= 11 is 4.98. The maximum atomic E-state index is 11.7. The van der Waals surface area contributed by atoms with Gasteiger partial charge < -0.3 is 19.1 Å². The lowest BCUT2D eigenvalue weighted by Gasteiger charge is -2.25. The van der Waals surface area contributed by atoms with Crippen molar-refractivity contribution >= 4 is 35.8 Å². The van der Waals surface area contributed by atoms with E-state index >= 15 is 0 Å². The predicted molar refractivity (Wildman–Crippen MR) is 131 cm³/mol. The highest BCUT2D eigenvalue weighted by Gasteiger charge is 2.31. The average Bonchev–Trinajstić information content (AvgIpc) is 3.09. The summed E-state index contributed by atoms with van der Waals surface area (Å²) in [6, 6.07) is 7.25. The Bertz CT molecular complexity index is 1050. The quantitative estimate of drug-likeness (QED) is 0.308.